The molecule has 0 radical (unpaired) electrons. The lowest BCUT2D eigenvalue weighted by atomic mass is 10.2. The number of nitrogens with zero attached hydrogens (tertiary/aromatic N) is 2. The highest BCUT2D eigenvalue weighted by Gasteiger charge is 2.36. The number of benzene rings is 1. The maximum absolute atomic E-state index is 13.5. The summed E-state index contributed by atoms with van der Waals surface area (Å²) in [6.07, 6.45) is 0.775. The van der Waals surface area contributed by atoms with E-state index in [-0.39, 0.29) is 18.7 Å². The number of halogens is 2. The first-order chi connectivity index (χ1) is 8.91. The Labute approximate surface area is 106 Å². The van der Waals surface area contributed by atoms with E-state index in [4.69, 9.17) is 5.11 Å². The summed E-state index contributed by atoms with van der Waals surface area (Å²) in [6, 6.07) is 0.204. The largest absolute Gasteiger partial charge is 0.480 e. The number of nitro benzene ring substituents is 1. The summed E-state index contributed by atoms with van der Waals surface area (Å²) in [4.78, 5) is 22.1. The van der Waals surface area contributed by atoms with Gasteiger partial charge in [-0.15, -0.1) is 0 Å². The predicted octanol–water partition coefficient (Wildman–Crippen LogP) is 1.93. The molecule has 0 aromatic heterocycles. The smallest absolute Gasteiger partial charge is 0.328 e. The second kappa shape index (κ2) is 4.79. The molecule has 102 valence electrons. The van der Waals surface area contributed by atoms with E-state index in [1.165, 1.54) is 0 Å². The second-order valence-corrected chi connectivity index (χ2v) is 4.20. The van der Waals surface area contributed by atoms with Crippen LogP contribution < -0.4 is 4.90 Å². The topological polar surface area (TPSA) is 83.7 Å². The van der Waals surface area contributed by atoms with Gasteiger partial charge in [0.2, 0.25) is 5.82 Å². The van der Waals surface area contributed by atoms with Crippen LogP contribution in [0, 0.1) is 21.7 Å². The van der Waals surface area contributed by atoms with Crippen LogP contribution in [0.5, 0.6) is 0 Å². The molecular weight excluding hydrogens is 262 g/mol. The molecule has 1 aliphatic heterocycles. The molecule has 0 bridgehead atoms. The molecule has 1 fully saturated rings. The van der Waals surface area contributed by atoms with E-state index in [2.05, 4.69) is 0 Å². The number of rotatable bonds is 3. The van der Waals surface area contributed by atoms with E-state index < -0.39 is 34.3 Å². The minimum Gasteiger partial charge on any atom is -0.480 e. The summed E-state index contributed by atoms with van der Waals surface area (Å²) in [6.45, 7) is 0.209. The van der Waals surface area contributed by atoms with Crippen molar-refractivity contribution in [2.75, 3.05) is 11.4 Å². The lowest BCUT2D eigenvalue weighted by Gasteiger charge is -2.23. The van der Waals surface area contributed by atoms with Gasteiger partial charge in [-0.3, -0.25) is 10.1 Å². The molecule has 0 aliphatic carbocycles. The fourth-order valence-corrected chi connectivity index (χ4v) is 2.26. The third kappa shape index (κ3) is 2.33. The molecule has 1 unspecified atom stereocenters. The molecular formula is C11H10F2N2O4. The van der Waals surface area contributed by atoms with Crippen molar-refractivity contribution < 1.29 is 23.6 Å². The minimum atomic E-state index is -1.31. The highest BCUT2D eigenvalue weighted by Crippen LogP contribution is 2.36. The standard InChI is InChI=1S/C11H10F2N2O4/c12-6-4-7(13)10(15(18)19)9(5-6)14-3-1-2-8(14)11(16)17/h4-5,8H,1-3H2,(H,16,17). The van der Waals surface area contributed by atoms with E-state index in [1.54, 1.807) is 0 Å². The van der Waals surface area contributed by atoms with Crippen molar-refractivity contribution in [3.63, 3.8) is 0 Å². The first-order valence-electron chi connectivity index (χ1n) is 5.54. The van der Waals surface area contributed by atoms with Crippen molar-refractivity contribution in [2.24, 2.45) is 0 Å². The van der Waals surface area contributed by atoms with Gasteiger partial charge < -0.3 is 10.0 Å². The Morgan fingerprint density at radius 3 is 2.74 bits per heavy atom. The van der Waals surface area contributed by atoms with Crippen molar-refractivity contribution in [2.45, 2.75) is 18.9 Å². The van der Waals surface area contributed by atoms with Gasteiger partial charge >= 0.3 is 11.7 Å². The Bertz CT molecular complexity index is 550. The zero-order valence-corrected chi connectivity index (χ0v) is 9.68. The van der Waals surface area contributed by atoms with Crippen LogP contribution in [0.4, 0.5) is 20.2 Å². The molecule has 1 saturated heterocycles. The SMILES string of the molecule is O=C(O)C1CCCN1c1cc(F)cc(F)c1[N+](=O)[O-]. The van der Waals surface area contributed by atoms with Crippen molar-refractivity contribution in [3.8, 4) is 0 Å². The van der Waals surface area contributed by atoms with E-state index >= 15 is 0 Å². The number of nitro groups is 1. The Hall–Kier alpha value is -2.25. The van der Waals surface area contributed by atoms with Gasteiger partial charge in [0.1, 0.15) is 17.5 Å². The van der Waals surface area contributed by atoms with Gasteiger partial charge in [-0.1, -0.05) is 0 Å². The number of carboxylic acid groups (broad SMARTS) is 1. The van der Waals surface area contributed by atoms with Crippen molar-refractivity contribution in [1.82, 2.24) is 0 Å². The Morgan fingerprint density at radius 2 is 2.16 bits per heavy atom. The van der Waals surface area contributed by atoms with Gasteiger partial charge in [0.25, 0.3) is 0 Å². The maximum atomic E-state index is 13.5. The lowest BCUT2D eigenvalue weighted by Crippen LogP contribution is -2.36. The van der Waals surface area contributed by atoms with Gasteiger partial charge in [-0.05, 0) is 12.8 Å². The van der Waals surface area contributed by atoms with Gasteiger partial charge in [-0.2, -0.15) is 4.39 Å². The summed E-state index contributed by atoms with van der Waals surface area (Å²) < 4.78 is 26.7. The second-order valence-electron chi connectivity index (χ2n) is 4.20. The van der Waals surface area contributed by atoms with Crippen LogP contribution in [-0.2, 0) is 4.79 Å². The average Bonchev–Trinajstić information content (AvgIpc) is 2.75. The molecule has 1 N–H and O–H groups in total. The summed E-state index contributed by atoms with van der Waals surface area (Å²) in [5, 5.41) is 19.9. The zero-order chi connectivity index (χ0) is 14.2. The fourth-order valence-electron chi connectivity index (χ4n) is 2.26. The predicted molar refractivity (Wildman–Crippen MR) is 61.0 cm³/mol. The van der Waals surface area contributed by atoms with E-state index in [1.807, 2.05) is 0 Å². The average molecular weight is 272 g/mol. The molecule has 8 heteroatoms. The molecule has 0 amide bonds. The molecule has 1 aromatic carbocycles. The molecule has 6 nitrogen and oxygen atoms in total. The number of hydrogen-bond acceptors (Lipinski definition) is 4. The van der Waals surface area contributed by atoms with Crippen molar-refractivity contribution >= 4 is 17.3 Å². The summed E-state index contributed by atoms with van der Waals surface area (Å²) in [5.74, 6) is -3.46. The Balaban J connectivity index is 2.55. The van der Waals surface area contributed by atoms with E-state index in [9.17, 15) is 23.7 Å². The quantitative estimate of drug-likeness (QED) is 0.671. The van der Waals surface area contributed by atoms with Gasteiger partial charge in [-0.25, -0.2) is 9.18 Å². The van der Waals surface area contributed by atoms with Crippen LogP contribution >= 0.6 is 0 Å². The molecule has 0 spiro atoms. The summed E-state index contributed by atoms with van der Waals surface area (Å²) >= 11 is 0. The summed E-state index contributed by atoms with van der Waals surface area (Å²) in [5.41, 5.74) is -1.22. The normalized spacial score (nSPS) is 18.6. The van der Waals surface area contributed by atoms with Crippen LogP contribution in [0.25, 0.3) is 0 Å². The molecule has 1 aromatic rings. The third-order valence-electron chi connectivity index (χ3n) is 3.04. The molecule has 0 saturated carbocycles. The first kappa shape index (κ1) is 13.2. The highest BCUT2D eigenvalue weighted by atomic mass is 19.1. The van der Waals surface area contributed by atoms with Crippen LogP contribution in [0.15, 0.2) is 12.1 Å². The van der Waals surface area contributed by atoms with Crippen molar-refractivity contribution in [1.29, 1.82) is 0 Å². The summed E-state index contributed by atoms with van der Waals surface area (Å²) in [7, 11) is 0. The Kier molecular flexibility index (Phi) is 3.32. The first-order valence-corrected chi connectivity index (χ1v) is 5.54. The van der Waals surface area contributed by atoms with E-state index in [0.717, 1.165) is 11.0 Å². The molecule has 2 rings (SSSR count). The van der Waals surface area contributed by atoms with Crippen LogP contribution in [0.3, 0.4) is 0 Å². The van der Waals surface area contributed by atoms with Gasteiger partial charge in [0.15, 0.2) is 0 Å². The number of anilines is 1. The Morgan fingerprint density at radius 1 is 1.47 bits per heavy atom. The number of aliphatic carboxylic acids is 1. The maximum Gasteiger partial charge on any atom is 0.328 e. The lowest BCUT2D eigenvalue weighted by molar-refractivity contribution is -0.386. The number of hydrogen-bond donors (Lipinski definition) is 1. The number of carboxylic acids is 1. The number of carbonyl (C=O) groups is 1. The van der Waals surface area contributed by atoms with E-state index in [0.29, 0.717) is 12.5 Å². The monoisotopic (exact) mass is 272 g/mol. The van der Waals surface area contributed by atoms with Crippen LogP contribution in [-0.4, -0.2) is 28.6 Å². The van der Waals surface area contributed by atoms with Gasteiger partial charge in [0, 0.05) is 18.7 Å². The fraction of sp³-hybridized carbons (Fsp3) is 0.364. The molecule has 19 heavy (non-hydrogen) atoms. The highest BCUT2D eigenvalue weighted by molar-refractivity contribution is 5.81. The van der Waals surface area contributed by atoms with Crippen molar-refractivity contribution in [3.05, 3.63) is 33.9 Å². The molecule has 1 atom stereocenters. The zero-order valence-electron chi connectivity index (χ0n) is 9.68. The minimum absolute atomic E-state index is 0.209. The van der Waals surface area contributed by atoms with Crippen LogP contribution in [0.2, 0.25) is 0 Å². The molecule has 1 aliphatic rings. The molecule has 1 heterocycles. The van der Waals surface area contributed by atoms with Crippen LogP contribution in [0.1, 0.15) is 12.8 Å². The van der Waals surface area contributed by atoms with Gasteiger partial charge in [0.05, 0.1) is 4.92 Å². The third-order valence-corrected chi connectivity index (χ3v) is 3.04.